The average Bonchev–Trinajstić information content (AvgIpc) is 2.20. The molecule has 0 spiro atoms. The van der Waals surface area contributed by atoms with Crippen LogP contribution >= 0.6 is 11.6 Å². The molecular formula is C10H4ClN3. The van der Waals surface area contributed by atoms with Crippen LogP contribution in [0, 0.1) is 34.0 Å². The van der Waals surface area contributed by atoms with Crippen LogP contribution in [-0.4, -0.2) is 0 Å². The van der Waals surface area contributed by atoms with Gasteiger partial charge in [0.05, 0.1) is 34.7 Å². The highest BCUT2D eigenvalue weighted by Crippen LogP contribution is 2.20. The van der Waals surface area contributed by atoms with Crippen molar-refractivity contribution in [1.82, 2.24) is 0 Å². The number of benzene rings is 1. The van der Waals surface area contributed by atoms with Crippen molar-refractivity contribution in [1.29, 1.82) is 15.8 Å². The molecule has 0 saturated carbocycles. The van der Waals surface area contributed by atoms with E-state index in [4.69, 9.17) is 27.4 Å². The number of nitrogens with zero attached hydrogens (tertiary/aromatic N) is 3. The Kier molecular flexibility index (Phi) is 3.08. The van der Waals surface area contributed by atoms with Crippen molar-refractivity contribution in [3.05, 3.63) is 33.8 Å². The fourth-order valence-electron chi connectivity index (χ4n) is 1.04. The lowest BCUT2D eigenvalue weighted by atomic mass is 10.0. The fraction of sp³-hybridized carbons (Fsp3) is 0.100. The summed E-state index contributed by atoms with van der Waals surface area (Å²) in [6.07, 6.45) is 0.106. The van der Waals surface area contributed by atoms with Gasteiger partial charge in [0.25, 0.3) is 0 Å². The Bertz CT molecular complexity index is 486. The molecule has 4 heteroatoms. The molecule has 0 saturated heterocycles. The van der Waals surface area contributed by atoms with Crippen LogP contribution in [0.4, 0.5) is 0 Å². The minimum absolute atomic E-state index is 0.106. The second-order valence-corrected chi connectivity index (χ2v) is 2.95. The zero-order valence-corrected chi connectivity index (χ0v) is 7.84. The smallest absolute Gasteiger partial charge is 0.101 e. The molecule has 3 nitrogen and oxygen atoms in total. The van der Waals surface area contributed by atoms with Gasteiger partial charge in [-0.1, -0.05) is 11.6 Å². The number of hydrogen-bond donors (Lipinski definition) is 0. The van der Waals surface area contributed by atoms with Gasteiger partial charge < -0.3 is 0 Å². The second-order valence-electron chi connectivity index (χ2n) is 2.55. The first-order valence-corrected chi connectivity index (χ1v) is 4.10. The Morgan fingerprint density at radius 3 is 2.21 bits per heavy atom. The lowest BCUT2D eigenvalue weighted by Gasteiger charge is -2.01. The molecular weight excluding hydrogens is 198 g/mol. The van der Waals surface area contributed by atoms with Crippen LogP contribution in [0.2, 0.25) is 5.02 Å². The van der Waals surface area contributed by atoms with E-state index in [-0.39, 0.29) is 17.0 Å². The van der Waals surface area contributed by atoms with Crippen molar-refractivity contribution in [2.24, 2.45) is 0 Å². The molecule has 1 rings (SSSR count). The van der Waals surface area contributed by atoms with Gasteiger partial charge in [-0.25, -0.2) is 0 Å². The monoisotopic (exact) mass is 201 g/mol. The zero-order chi connectivity index (χ0) is 10.6. The minimum Gasteiger partial charge on any atom is -0.198 e. The van der Waals surface area contributed by atoms with Gasteiger partial charge in [0.2, 0.25) is 0 Å². The maximum atomic E-state index is 8.73. The van der Waals surface area contributed by atoms with Crippen LogP contribution in [0.1, 0.15) is 16.7 Å². The third-order valence-corrected chi connectivity index (χ3v) is 2.02. The van der Waals surface area contributed by atoms with Gasteiger partial charge in [-0.3, -0.25) is 0 Å². The van der Waals surface area contributed by atoms with Crippen molar-refractivity contribution in [2.75, 3.05) is 0 Å². The number of hydrogen-bond acceptors (Lipinski definition) is 3. The second kappa shape index (κ2) is 4.28. The molecule has 1 aromatic carbocycles. The van der Waals surface area contributed by atoms with E-state index in [9.17, 15) is 0 Å². The molecule has 0 bridgehead atoms. The summed E-state index contributed by atoms with van der Waals surface area (Å²) < 4.78 is 0. The first-order chi connectivity index (χ1) is 6.72. The van der Waals surface area contributed by atoms with Crippen LogP contribution in [-0.2, 0) is 6.42 Å². The molecule has 0 N–H and O–H groups in total. The van der Waals surface area contributed by atoms with Crippen molar-refractivity contribution in [3.8, 4) is 18.2 Å². The summed E-state index contributed by atoms with van der Waals surface area (Å²) in [7, 11) is 0. The summed E-state index contributed by atoms with van der Waals surface area (Å²) in [5.41, 5.74) is 1.17. The van der Waals surface area contributed by atoms with E-state index in [1.807, 2.05) is 18.2 Å². The molecule has 0 aliphatic rings. The molecule has 0 aromatic heterocycles. The molecule has 0 aliphatic carbocycles. The molecule has 0 unspecified atom stereocenters. The Labute approximate surface area is 86.4 Å². The lowest BCUT2D eigenvalue weighted by Crippen LogP contribution is -1.91. The van der Waals surface area contributed by atoms with Crippen LogP contribution in [0.3, 0.4) is 0 Å². The molecule has 0 heterocycles. The van der Waals surface area contributed by atoms with Crippen molar-refractivity contribution in [2.45, 2.75) is 6.42 Å². The standard InChI is InChI=1S/C10H4ClN3/c11-10-4-8(5-13)7(1-2-12)3-9(10)6-14/h3-4H,1H2. The van der Waals surface area contributed by atoms with Crippen LogP contribution in [0.5, 0.6) is 0 Å². The Hall–Kier alpha value is -2.02. The first kappa shape index (κ1) is 10.1. The van der Waals surface area contributed by atoms with Crippen LogP contribution in [0.15, 0.2) is 12.1 Å². The first-order valence-electron chi connectivity index (χ1n) is 3.72. The number of halogens is 1. The van der Waals surface area contributed by atoms with Crippen LogP contribution < -0.4 is 0 Å². The predicted molar refractivity (Wildman–Crippen MR) is 50.2 cm³/mol. The normalized spacial score (nSPS) is 8.43. The highest BCUT2D eigenvalue weighted by Gasteiger charge is 2.07. The van der Waals surface area contributed by atoms with E-state index in [2.05, 4.69) is 0 Å². The summed E-state index contributed by atoms with van der Waals surface area (Å²) >= 11 is 5.72. The molecule has 1 aromatic rings. The van der Waals surface area contributed by atoms with E-state index in [0.29, 0.717) is 11.1 Å². The summed E-state index contributed by atoms with van der Waals surface area (Å²) in [6, 6.07) is 8.63. The van der Waals surface area contributed by atoms with Crippen molar-refractivity contribution >= 4 is 11.6 Å². The minimum atomic E-state index is 0.106. The zero-order valence-electron chi connectivity index (χ0n) is 7.08. The van der Waals surface area contributed by atoms with Crippen molar-refractivity contribution < 1.29 is 0 Å². The van der Waals surface area contributed by atoms with Gasteiger partial charge in [-0.2, -0.15) is 15.8 Å². The van der Waals surface area contributed by atoms with Gasteiger partial charge in [0.15, 0.2) is 0 Å². The fourth-order valence-corrected chi connectivity index (χ4v) is 1.25. The molecule has 0 radical (unpaired) electrons. The van der Waals surface area contributed by atoms with Gasteiger partial charge in [-0.15, -0.1) is 0 Å². The molecule has 0 amide bonds. The van der Waals surface area contributed by atoms with Crippen LogP contribution in [0.25, 0.3) is 0 Å². The highest BCUT2D eigenvalue weighted by atomic mass is 35.5. The molecule has 0 atom stereocenters. The summed E-state index contributed by atoms with van der Waals surface area (Å²) in [6.45, 7) is 0. The molecule has 14 heavy (non-hydrogen) atoms. The van der Waals surface area contributed by atoms with E-state index in [1.54, 1.807) is 0 Å². The number of nitriles is 3. The average molecular weight is 202 g/mol. The molecule has 0 fully saturated rings. The summed E-state index contributed by atoms with van der Waals surface area (Å²) in [5.74, 6) is 0. The Morgan fingerprint density at radius 2 is 1.71 bits per heavy atom. The van der Waals surface area contributed by atoms with E-state index in [0.717, 1.165) is 0 Å². The summed E-state index contributed by atoms with van der Waals surface area (Å²) in [4.78, 5) is 0. The van der Waals surface area contributed by atoms with Gasteiger partial charge in [-0.05, 0) is 17.7 Å². The van der Waals surface area contributed by atoms with Gasteiger partial charge >= 0.3 is 0 Å². The van der Waals surface area contributed by atoms with Gasteiger partial charge in [0.1, 0.15) is 6.07 Å². The molecule has 66 valence electrons. The Balaban J connectivity index is 3.37. The Morgan fingerprint density at radius 1 is 1.07 bits per heavy atom. The SMILES string of the molecule is N#CCc1cc(C#N)c(Cl)cc1C#N. The van der Waals surface area contributed by atoms with E-state index >= 15 is 0 Å². The third kappa shape index (κ3) is 1.83. The maximum Gasteiger partial charge on any atom is 0.101 e. The number of rotatable bonds is 1. The summed E-state index contributed by atoms with van der Waals surface area (Å²) in [5, 5.41) is 26.1. The largest absolute Gasteiger partial charge is 0.198 e. The third-order valence-electron chi connectivity index (χ3n) is 1.70. The van der Waals surface area contributed by atoms with E-state index < -0.39 is 0 Å². The highest BCUT2D eigenvalue weighted by molar-refractivity contribution is 6.31. The predicted octanol–water partition coefficient (Wildman–Crippen LogP) is 2.15. The maximum absolute atomic E-state index is 8.73. The molecule has 0 aliphatic heterocycles. The topological polar surface area (TPSA) is 71.4 Å². The van der Waals surface area contributed by atoms with Gasteiger partial charge in [0, 0.05) is 0 Å². The quantitative estimate of drug-likeness (QED) is 0.699. The van der Waals surface area contributed by atoms with Crippen molar-refractivity contribution in [3.63, 3.8) is 0 Å². The van der Waals surface area contributed by atoms with E-state index in [1.165, 1.54) is 12.1 Å². The lowest BCUT2D eigenvalue weighted by molar-refractivity contribution is 1.23.